The van der Waals surface area contributed by atoms with Crippen LogP contribution in [0.3, 0.4) is 0 Å². The monoisotopic (exact) mass is 276 g/mol. The zero-order valence-corrected chi connectivity index (χ0v) is 10.8. The SMILES string of the molecule is CC#CC(=O)NCc1nnc(-c2ccncc2F)s1. The molecule has 0 aliphatic carbocycles. The predicted octanol–water partition coefficient (Wildman–Crippen LogP) is 1.38. The third-order valence-electron chi connectivity index (χ3n) is 2.11. The van der Waals surface area contributed by atoms with Gasteiger partial charge in [-0.3, -0.25) is 9.78 Å². The lowest BCUT2D eigenvalue weighted by molar-refractivity contribution is -0.115. The summed E-state index contributed by atoms with van der Waals surface area (Å²) in [5, 5.41) is 11.4. The minimum atomic E-state index is -0.453. The van der Waals surface area contributed by atoms with Crippen molar-refractivity contribution in [3.05, 3.63) is 29.3 Å². The molecule has 0 aromatic carbocycles. The number of amides is 1. The summed E-state index contributed by atoms with van der Waals surface area (Å²) in [6.45, 7) is 1.80. The van der Waals surface area contributed by atoms with Crippen molar-refractivity contribution >= 4 is 17.2 Å². The van der Waals surface area contributed by atoms with Crippen molar-refractivity contribution in [2.75, 3.05) is 0 Å². The lowest BCUT2D eigenvalue weighted by Gasteiger charge is -1.96. The number of hydrogen-bond acceptors (Lipinski definition) is 5. The predicted molar refractivity (Wildman–Crippen MR) is 68.4 cm³/mol. The number of carbonyl (C=O) groups is 1. The Morgan fingerprint density at radius 1 is 1.53 bits per heavy atom. The highest BCUT2D eigenvalue weighted by molar-refractivity contribution is 7.14. The van der Waals surface area contributed by atoms with Gasteiger partial charge in [-0.25, -0.2) is 4.39 Å². The van der Waals surface area contributed by atoms with E-state index in [1.54, 1.807) is 6.92 Å². The fraction of sp³-hybridized carbons (Fsp3) is 0.167. The standard InChI is InChI=1S/C12H9FN4OS/c1-2-3-10(18)15-7-11-16-17-12(19-11)8-4-5-14-6-9(8)13/h4-6H,7H2,1H3,(H,15,18). The van der Waals surface area contributed by atoms with Crippen LogP contribution in [-0.4, -0.2) is 21.1 Å². The molecule has 0 atom stereocenters. The molecule has 0 fully saturated rings. The summed E-state index contributed by atoms with van der Waals surface area (Å²) in [5.74, 6) is 4.01. The Hall–Kier alpha value is -2.33. The van der Waals surface area contributed by atoms with Gasteiger partial charge in [-0.1, -0.05) is 17.3 Å². The van der Waals surface area contributed by atoms with Gasteiger partial charge in [-0.2, -0.15) is 0 Å². The molecule has 0 spiro atoms. The van der Waals surface area contributed by atoms with Crippen molar-refractivity contribution in [2.45, 2.75) is 13.5 Å². The van der Waals surface area contributed by atoms with Gasteiger partial charge in [0.05, 0.1) is 18.3 Å². The maximum atomic E-state index is 13.5. The van der Waals surface area contributed by atoms with Gasteiger partial charge in [-0.15, -0.1) is 10.2 Å². The highest BCUT2D eigenvalue weighted by atomic mass is 32.1. The number of nitrogens with zero attached hydrogens (tertiary/aromatic N) is 3. The van der Waals surface area contributed by atoms with Gasteiger partial charge in [0.1, 0.15) is 5.01 Å². The first-order valence-corrected chi connectivity index (χ1v) is 6.15. The van der Waals surface area contributed by atoms with Crippen LogP contribution in [0.15, 0.2) is 18.5 Å². The van der Waals surface area contributed by atoms with Crippen LogP contribution < -0.4 is 5.32 Å². The molecule has 2 rings (SSSR count). The molecule has 96 valence electrons. The molecule has 7 heteroatoms. The molecule has 5 nitrogen and oxygen atoms in total. The molecule has 0 saturated carbocycles. The lowest BCUT2D eigenvalue weighted by Crippen LogP contribution is -2.20. The molecule has 0 aliphatic rings. The quantitative estimate of drug-likeness (QED) is 0.860. The Morgan fingerprint density at radius 3 is 3.11 bits per heavy atom. The molecule has 0 aliphatic heterocycles. The zero-order chi connectivity index (χ0) is 13.7. The topological polar surface area (TPSA) is 67.8 Å². The van der Waals surface area contributed by atoms with Crippen molar-refractivity contribution < 1.29 is 9.18 Å². The van der Waals surface area contributed by atoms with Gasteiger partial charge < -0.3 is 5.32 Å². The first-order chi connectivity index (χ1) is 9.20. The summed E-state index contributed by atoms with van der Waals surface area (Å²) < 4.78 is 13.5. The second-order valence-corrected chi connectivity index (χ2v) is 4.48. The van der Waals surface area contributed by atoms with E-state index in [2.05, 4.69) is 32.3 Å². The van der Waals surface area contributed by atoms with E-state index in [1.165, 1.54) is 23.6 Å². The molecule has 0 saturated heterocycles. The highest BCUT2D eigenvalue weighted by Crippen LogP contribution is 2.25. The molecule has 0 unspecified atom stereocenters. The third-order valence-corrected chi connectivity index (χ3v) is 3.06. The van der Waals surface area contributed by atoms with E-state index < -0.39 is 5.82 Å². The summed E-state index contributed by atoms with van der Waals surface area (Å²) in [6, 6.07) is 1.53. The number of carbonyl (C=O) groups excluding carboxylic acids is 1. The molecule has 0 bridgehead atoms. The number of hydrogen-bond donors (Lipinski definition) is 1. The second kappa shape index (κ2) is 6.02. The van der Waals surface area contributed by atoms with Crippen molar-refractivity contribution in [3.63, 3.8) is 0 Å². The van der Waals surface area contributed by atoms with E-state index in [9.17, 15) is 9.18 Å². The molecule has 1 amide bonds. The van der Waals surface area contributed by atoms with Crippen molar-refractivity contribution in [2.24, 2.45) is 0 Å². The molecular weight excluding hydrogens is 267 g/mol. The molecule has 2 aromatic heterocycles. The summed E-state index contributed by atoms with van der Waals surface area (Å²) in [5.41, 5.74) is 0.346. The number of halogens is 1. The van der Waals surface area contributed by atoms with Crippen molar-refractivity contribution in [3.8, 4) is 22.4 Å². The van der Waals surface area contributed by atoms with Crippen LogP contribution >= 0.6 is 11.3 Å². The maximum Gasteiger partial charge on any atom is 0.296 e. The van der Waals surface area contributed by atoms with Gasteiger partial charge >= 0.3 is 0 Å². The van der Waals surface area contributed by atoms with Crippen LogP contribution in [0.2, 0.25) is 0 Å². The average Bonchev–Trinajstić information content (AvgIpc) is 2.86. The van der Waals surface area contributed by atoms with Crippen molar-refractivity contribution in [1.29, 1.82) is 0 Å². The highest BCUT2D eigenvalue weighted by Gasteiger charge is 2.11. The number of pyridine rings is 1. The van der Waals surface area contributed by atoms with Crippen LogP contribution in [0.5, 0.6) is 0 Å². The normalized spacial score (nSPS) is 9.58. The first kappa shape index (κ1) is 13.1. The Labute approximate surface area is 112 Å². The minimum absolute atomic E-state index is 0.220. The third kappa shape index (κ3) is 3.33. The molecular formula is C12H9FN4OS. The van der Waals surface area contributed by atoms with Crippen LogP contribution in [0.4, 0.5) is 4.39 Å². The number of rotatable bonds is 3. The maximum absolute atomic E-state index is 13.5. The minimum Gasteiger partial charge on any atom is -0.339 e. The van der Waals surface area contributed by atoms with Crippen LogP contribution in [0.25, 0.3) is 10.6 Å². The van der Waals surface area contributed by atoms with Gasteiger partial charge in [0.25, 0.3) is 5.91 Å². The van der Waals surface area contributed by atoms with E-state index in [4.69, 9.17) is 0 Å². The average molecular weight is 276 g/mol. The Bertz CT molecular complexity index is 659. The second-order valence-electron chi connectivity index (χ2n) is 3.41. The smallest absolute Gasteiger partial charge is 0.296 e. The molecule has 19 heavy (non-hydrogen) atoms. The van der Waals surface area contributed by atoms with Gasteiger partial charge in [0, 0.05) is 6.20 Å². The number of aromatic nitrogens is 3. The molecule has 2 heterocycles. The Morgan fingerprint density at radius 2 is 2.37 bits per heavy atom. The fourth-order valence-corrected chi connectivity index (χ4v) is 2.10. The summed E-state index contributed by atoms with van der Waals surface area (Å²) >= 11 is 1.21. The van der Waals surface area contributed by atoms with E-state index in [1.807, 2.05) is 0 Å². The van der Waals surface area contributed by atoms with Gasteiger partial charge in [0.15, 0.2) is 10.8 Å². The van der Waals surface area contributed by atoms with Crippen LogP contribution in [0.1, 0.15) is 11.9 Å². The number of nitrogens with one attached hydrogen (secondary N) is 1. The lowest BCUT2D eigenvalue weighted by atomic mass is 10.3. The summed E-state index contributed by atoms with van der Waals surface area (Å²) in [6.07, 6.45) is 2.60. The van der Waals surface area contributed by atoms with Crippen molar-refractivity contribution in [1.82, 2.24) is 20.5 Å². The summed E-state index contributed by atoms with van der Waals surface area (Å²) in [7, 11) is 0. The van der Waals surface area contributed by atoms with E-state index >= 15 is 0 Å². The van der Waals surface area contributed by atoms with E-state index in [-0.39, 0.29) is 12.5 Å². The molecule has 0 radical (unpaired) electrons. The fourth-order valence-electron chi connectivity index (χ4n) is 1.30. The first-order valence-electron chi connectivity index (χ1n) is 5.33. The zero-order valence-electron chi connectivity index (χ0n) is 9.98. The van der Waals surface area contributed by atoms with E-state index in [0.29, 0.717) is 15.6 Å². The Kier molecular flexibility index (Phi) is 4.15. The molecule has 2 aromatic rings. The molecule has 1 N–H and O–H groups in total. The summed E-state index contributed by atoms with van der Waals surface area (Å²) in [4.78, 5) is 14.8. The van der Waals surface area contributed by atoms with Crippen LogP contribution in [0, 0.1) is 17.7 Å². The largest absolute Gasteiger partial charge is 0.339 e. The van der Waals surface area contributed by atoms with Gasteiger partial charge in [-0.05, 0) is 18.9 Å². The van der Waals surface area contributed by atoms with Gasteiger partial charge in [0.2, 0.25) is 0 Å². The van der Waals surface area contributed by atoms with Crippen LogP contribution in [-0.2, 0) is 11.3 Å². The Balaban J connectivity index is 2.09. The van der Waals surface area contributed by atoms with E-state index in [0.717, 1.165) is 6.20 Å².